The fourth-order valence-electron chi connectivity index (χ4n) is 2.96. The number of aryl methyl sites for hydroxylation is 1. The third-order valence-electron chi connectivity index (χ3n) is 4.42. The summed E-state index contributed by atoms with van der Waals surface area (Å²) in [7, 11) is 0. The summed E-state index contributed by atoms with van der Waals surface area (Å²) < 4.78 is 47.4. The Hall–Kier alpha value is -2.61. The SMILES string of the molecule is Cc1ccc(CN2CC=CC(C(=O)O)=C2SCCC(F)(F)c2ccc(F)cc2)o1. The fraction of sp³-hybridized carbons (Fsp3) is 0.286. The quantitative estimate of drug-likeness (QED) is 0.624. The Morgan fingerprint density at radius 2 is 1.97 bits per heavy atom. The van der Waals surface area contributed by atoms with Crippen LogP contribution in [0.3, 0.4) is 0 Å². The summed E-state index contributed by atoms with van der Waals surface area (Å²) in [5, 5.41) is 9.92. The standard InChI is InChI=1S/C21H20F3NO3S/c1-14-4-9-17(28-14)13-25-11-2-3-18(20(26)27)19(25)29-12-10-21(23,24)15-5-7-16(22)8-6-15/h2-9H,10-13H2,1H3,(H,26,27). The molecular formula is C21H20F3NO3S. The second-order valence-corrected chi connectivity index (χ2v) is 7.71. The van der Waals surface area contributed by atoms with Crippen molar-refractivity contribution >= 4 is 17.7 Å². The average molecular weight is 423 g/mol. The van der Waals surface area contributed by atoms with E-state index in [1.54, 1.807) is 17.0 Å². The highest BCUT2D eigenvalue weighted by Crippen LogP contribution is 2.36. The number of halogens is 3. The summed E-state index contributed by atoms with van der Waals surface area (Å²) in [5.41, 5.74) is -0.201. The summed E-state index contributed by atoms with van der Waals surface area (Å²) >= 11 is 1.07. The van der Waals surface area contributed by atoms with E-state index in [0.717, 1.165) is 41.8 Å². The average Bonchev–Trinajstić information content (AvgIpc) is 3.07. The Labute approximate surface area is 170 Å². The van der Waals surface area contributed by atoms with Crippen LogP contribution in [0.25, 0.3) is 0 Å². The number of benzene rings is 1. The van der Waals surface area contributed by atoms with Gasteiger partial charge in [0.2, 0.25) is 0 Å². The van der Waals surface area contributed by atoms with Gasteiger partial charge in [0.1, 0.15) is 17.3 Å². The van der Waals surface area contributed by atoms with Gasteiger partial charge >= 0.3 is 5.97 Å². The molecule has 0 atom stereocenters. The van der Waals surface area contributed by atoms with Crippen LogP contribution in [0.5, 0.6) is 0 Å². The maximum absolute atomic E-state index is 14.4. The minimum atomic E-state index is -3.14. The lowest BCUT2D eigenvalue weighted by molar-refractivity contribution is -0.132. The van der Waals surface area contributed by atoms with E-state index in [9.17, 15) is 23.1 Å². The van der Waals surface area contributed by atoms with Gasteiger partial charge in [0, 0.05) is 24.3 Å². The molecule has 0 amide bonds. The van der Waals surface area contributed by atoms with Crippen molar-refractivity contribution in [3.63, 3.8) is 0 Å². The zero-order valence-electron chi connectivity index (χ0n) is 15.7. The smallest absolute Gasteiger partial charge is 0.338 e. The van der Waals surface area contributed by atoms with Gasteiger partial charge in [0.15, 0.2) is 0 Å². The molecule has 3 rings (SSSR count). The van der Waals surface area contributed by atoms with Crippen LogP contribution in [-0.2, 0) is 17.3 Å². The molecule has 1 aliphatic heterocycles. The van der Waals surface area contributed by atoms with Gasteiger partial charge in [-0.15, -0.1) is 11.8 Å². The number of rotatable bonds is 8. The number of carbonyl (C=O) groups is 1. The predicted octanol–water partition coefficient (Wildman–Crippen LogP) is 5.31. The van der Waals surface area contributed by atoms with E-state index in [0.29, 0.717) is 23.9 Å². The molecular weight excluding hydrogens is 403 g/mol. The first-order chi connectivity index (χ1) is 13.8. The third-order valence-corrected chi connectivity index (χ3v) is 5.58. The Morgan fingerprint density at radius 3 is 2.59 bits per heavy atom. The third kappa shape index (κ3) is 5.26. The number of alkyl halides is 2. The molecule has 154 valence electrons. The molecule has 0 radical (unpaired) electrons. The minimum absolute atomic E-state index is 0.00197. The van der Waals surface area contributed by atoms with E-state index in [1.165, 1.54) is 6.08 Å². The fourth-order valence-corrected chi connectivity index (χ4v) is 4.15. The number of furan rings is 1. The molecule has 1 N–H and O–H groups in total. The molecule has 1 aliphatic rings. The van der Waals surface area contributed by atoms with Gasteiger partial charge in [-0.25, -0.2) is 18.0 Å². The Kier molecular flexibility index (Phi) is 6.42. The molecule has 0 saturated carbocycles. The topological polar surface area (TPSA) is 53.7 Å². The Balaban J connectivity index is 1.72. The molecule has 1 aromatic carbocycles. The molecule has 8 heteroatoms. The second kappa shape index (κ2) is 8.82. The van der Waals surface area contributed by atoms with Crippen LogP contribution in [-0.4, -0.2) is 28.3 Å². The van der Waals surface area contributed by atoms with Gasteiger partial charge in [-0.2, -0.15) is 0 Å². The van der Waals surface area contributed by atoms with Gasteiger partial charge in [-0.1, -0.05) is 18.2 Å². The number of hydrogen-bond acceptors (Lipinski definition) is 4. The molecule has 0 spiro atoms. The lowest BCUT2D eigenvalue weighted by Crippen LogP contribution is -2.27. The number of nitrogens with zero attached hydrogens (tertiary/aromatic N) is 1. The molecule has 0 bridgehead atoms. The number of carboxylic acids is 1. The maximum atomic E-state index is 14.4. The van der Waals surface area contributed by atoms with Gasteiger partial charge in [-0.05, 0) is 37.3 Å². The van der Waals surface area contributed by atoms with Crippen molar-refractivity contribution in [2.75, 3.05) is 12.3 Å². The Bertz CT molecular complexity index is 935. The lowest BCUT2D eigenvalue weighted by Gasteiger charge is -2.29. The summed E-state index contributed by atoms with van der Waals surface area (Å²) in [6.45, 7) is 2.60. The van der Waals surface area contributed by atoms with E-state index in [4.69, 9.17) is 4.42 Å². The van der Waals surface area contributed by atoms with Crippen molar-refractivity contribution in [2.24, 2.45) is 0 Å². The highest BCUT2D eigenvalue weighted by molar-refractivity contribution is 8.03. The van der Waals surface area contributed by atoms with E-state index in [-0.39, 0.29) is 16.9 Å². The molecule has 29 heavy (non-hydrogen) atoms. The van der Waals surface area contributed by atoms with Crippen molar-refractivity contribution in [3.05, 3.63) is 82.1 Å². The van der Waals surface area contributed by atoms with Crippen molar-refractivity contribution in [1.29, 1.82) is 0 Å². The number of carboxylic acid groups (broad SMARTS) is 1. The van der Waals surface area contributed by atoms with Crippen LogP contribution in [0.15, 0.2) is 63.6 Å². The zero-order valence-corrected chi connectivity index (χ0v) is 16.5. The second-order valence-electron chi connectivity index (χ2n) is 6.63. The maximum Gasteiger partial charge on any atom is 0.338 e. The largest absolute Gasteiger partial charge is 0.478 e. The van der Waals surface area contributed by atoms with E-state index < -0.39 is 24.1 Å². The van der Waals surface area contributed by atoms with Gasteiger partial charge in [0.25, 0.3) is 5.92 Å². The summed E-state index contributed by atoms with van der Waals surface area (Å²) in [5.74, 6) is -3.43. The molecule has 1 aromatic heterocycles. The minimum Gasteiger partial charge on any atom is -0.478 e. The van der Waals surface area contributed by atoms with Gasteiger partial charge < -0.3 is 14.4 Å². The summed E-state index contributed by atoms with van der Waals surface area (Å²) in [6, 6.07) is 7.75. The predicted molar refractivity (Wildman–Crippen MR) is 105 cm³/mol. The van der Waals surface area contributed by atoms with Crippen LogP contribution < -0.4 is 0 Å². The summed E-state index contributed by atoms with van der Waals surface area (Å²) in [4.78, 5) is 13.4. The monoisotopic (exact) mass is 423 g/mol. The summed E-state index contributed by atoms with van der Waals surface area (Å²) in [6.07, 6.45) is 2.71. The van der Waals surface area contributed by atoms with Gasteiger partial charge in [0.05, 0.1) is 17.1 Å². The van der Waals surface area contributed by atoms with Crippen LogP contribution >= 0.6 is 11.8 Å². The first-order valence-corrected chi connectivity index (χ1v) is 9.96. The van der Waals surface area contributed by atoms with Crippen LogP contribution in [0, 0.1) is 12.7 Å². The van der Waals surface area contributed by atoms with Crippen molar-refractivity contribution in [2.45, 2.75) is 25.8 Å². The van der Waals surface area contributed by atoms with Crippen LogP contribution in [0.4, 0.5) is 13.2 Å². The molecule has 0 aliphatic carbocycles. The first kappa shape index (κ1) is 21.1. The number of aliphatic carboxylic acids is 1. The molecule has 2 heterocycles. The highest BCUT2D eigenvalue weighted by atomic mass is 32.2. The first-order valence-electron chi connectivity index (χ1n) is 8.97. The Morgan fingerprint density at radius 1 is 1.24 bits per heavy atom. The van der Waals surface area contributed by atoms with E-state index in [2.05, 4.69) is 0 Å². The van der Waals surface area contributed by atoms with Crippen LogP contribution in [0.1, 0.15) is 23.5 Å². The molecule has 4 nitrogen and oxygen atoms in total. The molecule has 2 aromatic rings. The van der Waals surface area contributed by atoms with E-state index in [1.807, 2.05) is 13.0 Å². The molecule has 0 fully saturated rings. The number of hydrogen-bond donors (Lipinski definition) is 1. The molecule has 0 unspecified atom stereocenters. The van der Waals surface area contributed by atoms with Crippen LogP contribution in [0.2, 0.25) is 0 Å². The lowest BCUT2D eigenvalue weighted by atomic mass is 10.1. The normalized spacial score (nSPS) is 14.6. The zero-order chi connectivity index (χ0) is 21.0. The highest BCUT2D eigenvalue weighted by Gasteiger charge is 2.32. The van der Waals surface area contributed by atoms with Crippen molar-refractivity contribution < 1.29 is 27.5 Å². The van der Waals surface area contributed by atoms with Crippen molar-refractivity contribution in [3.8, 4) is 0 Å². The van der Waals surface area contributed by atoms with Gasteiger partial charge in [-0.3, -0.25) is 0 Å². The number of thioether (sulfide) groups is 1. The van der Waals surface area contributed by atoms with E-state index >= 15 is 0 Å². The van der Waals surface area contributed by atoms with Crippen molar-refractivity contribution in [1.82, 2.24) is 4.90 Å². The molecule has 0 saturated heterocycles.